The van der Waals surface area contributed by atoms with Gasteiger partial charge in [0.2, 0.25) is 0 Å². The molecule has 0 bridgehead atoms. The average Bonchev–Trinajstić information content (AvgIpc) is 2.62. The van der Waals surface area contributed by atoms with E-state index in [4.69, 9.17) is 16.3 Å². The van der Waals surface area contributed by atoms with Crippen LogP contribution in [0.5, 0.6) is 0 Å². The molecule has 1 aliphatic heterocycles. The number of halogens is 1. The van der Waals surface area contributed by atoms with Crippen LogP contribution in [0.4, 0.5) is 5.82 Å². The monoisotopic (exact) mass is 345 g/mol. The number of anilines is 1. The standard InChI is InChI=1S/C18H20ClN3O2/c1-21(17-8-7-15(19)11-20-17)18(23)16-13-22(9-10-24-16)12-14-5-3-2-4-6-14/h2-8,11,16H,9-10,12-13H2,1H3/t16-/m1/s1. The number of hydrogen-bond donors (Lipinski definition) is 0. The van der Waals surface area contributed by atoms with Crippen molar-refractivity contribution < 1.29 is 9.53 Å². The summed E-state index contributed by atoms with van der Waals surface area (Å²) in [5.74, 6) is 0.468. The van der Waals surface area contributed by atoms with Crippen LogP contribution in [0.15, 0.2) is 48.7 Å². The lowest BCUT2D eigenvalue weighted by atomic mass is 10.2. The fourth-order valence-corrected chi connectivity index (χ4v) is 2.84. The smallest absolute Gasteiger partial charge is 0.258 e. The van der Waals surface area contributed by atoms with Gasteiger partial charge in [-0.05, 0) is 17.7 Å². The van der Waals surface area contributed by atoms with Crippen LogP contribution in [-0.2, 0) is 16.1 Å². The van der Waals surface area contributed by atoms with Gasteiger partial charge in [0, 0.05) is 32.9 Å². The Morgan fingerprint density at radius 3 is 2.83 bits per heavy atom. The van der Waals surface area contributed by atoms with E-state index in [1.54, 1.807) is 19.2 Å². The second-order valence-electron chi connectivity index (χ2n) is 5.81. The van der Waals surface area contributed by atoms with Crippen LogP contribution >= 0.6 is 11.6 Å². The molecule has 2 aromatic rings. The lowest BCUT2D eigenvalue weighted by Crippen LogP contribution is -2.50. The summed E-state index contributed by atoms with van der Waals surface area (Å²) in [6, 6.07) is 13.7. The molecule has 2 heterocycles. The van der Waals surface area contributed by atoms with Gasteiger partial charge in [-0.25, -0.2) is 4.98 Å². The molecule has 1 aromatic heterocycles. The van der Waals surface area contributed by atoms with Crippen molar-refractivity contribution in [2.75, 3.05) is 31.6 Å². The summed E-state index contributed by atoms with van der Waals surface area (Å²) >= 11 is 5.84. The number of carbonyl (C=O) groups is 1. The first-order valence-corrected chi connectivity index (χ1v) is 8.28. The van der Waals surface area contributed by atoms with Crippen LogP contribution in [0.1, 0.15) is 5.56 Å². The van der Waals surface area contributed by atoms with E-state index < -0.39 is 6.10 Å². The Morgan fingerprint density at radius 1 is 1.33 bits per heavy atom. The van der Waals surface area contributed by atoms with E-state index in [0.29, 0.717) is 24.0 Å². The van der Waals surface area contributed by atoms with E-state index in [2.05, 4.69) is 22.0 Å². The second-order valence-corrected chi connectivity index (χ2v) is 6.25. The predicted molar refractivity (Wildman–Crippen MR) is 94.1 cm³/mol. The van der Waals surface area contributed by atoms with Gasteiger partial charge in [0.15, 0.2) is 0 Å². The molecule has 0 saturated carbocycles. The van der Waals surface area contributed by atoms with Crippen LogP contribution in [-0.4, -0.2) is 48.6 Å². The summed E-state index contributed by atoms with van der Waals surface area (Å²) in [7, 11) is 1.71. The molecular formula is C18H20ClN3O2. The Bertz CT molecular complexity index is 678. The summed E-state index contributed by atoms with van der Waals surface area (Å²) in [6.45, 7) is 2.76. The molecule has 24 heavy (non-hydrogen) atoms. The van der Waals surface area contributed by atoms with Gasteiger partial charge in [-0.2, -0.15) is 0 Å². The number of benzene rings is 1. The molecule has 0 N–H and O–H groups in total. The Hall–Kier alpha value is -1.95. The number of carbonyl (C=O) groups excluding carboxylic acids is 1. The van der Waals surface area contributed by atoms with E-state index in [1.807, 2.05) is 18.2 Å². The Labute approximate surface area is 146 Å². The highest BCUT2D eigenvalue weighted by Crippen LogP contribution is 2.17. The molecule has 1 fully saturated rings. The van der Waals surface area contributed by atoms with Gasteiger partial charge in [0.25, 0.3) is 5.91 Å². The quantitative estimate of drug-likeness (QED) is 0.854. The van der Waals surface area contributed by atoms with Gasteiger partial charge >= 0.3 is 0 Å². The lowest BCUT2D eigenvalue weighted by Gasteiger charge is -2.33. The molecule has 1 aromatic carbocycles. The number of aromatic nitrogens is 1. The van der Waals surface area contributed by atoms with E-state index in [9.17, 15) is 4.79 Å². The largest absolute Gasteiger partial charge is 0.366 e. The summed E-state index contributed by atoms with van der Waals surface area (Å²) in [5, 5.41) is 0.544. The molecule has 1 atom stereocenters. The van der Waals surface area contributed by atoms with Gasteiger partial charge in [-0.1, -0.05) is 41.9 Å². The molecule has 1 saturated heterocycles. The van der Waals surface area contributed by atoms with Crippen molar-refractivity contribution in [2.45, 2.75) is 12.6 Å². The van der Waals surface area contributed by atoms with Gasteiger partial charge in [-0.15, -0.1) is 0 Å². The predicted octanol–water partition coefficient (Wildman–Crippen LogP) is 2.60. The summed E-state index contributed by atoms with van der Waals surface area (Å²) in [4.78, 5) is 20.6. The maximum atomic E-state index is 12.7. The summed E-state index contributed by atoms with van der Waals surface area (Å²) in [6.07, 6.45) is 1.05. The molecule has 3 rings (SSSR count). The zero-order valence-corrected chi connectivity index (χ0v) is 14.3. The molecule has 5 nitrogen and oxygen atoms in total. The van der Waals surface area contributed by atoms with E-state index in [0.717, 1.165) is 13.1 Å². The highest BCUT2D eigenvalue weighted by Gasteiger charge is 2.29. The molecule has 6 heteroatoms. The number of morpholine rings is 1. The first-order chi connectivity index (χ1) is 11.6. The number of ether oxygens (including phenoxy) is 1. The lowest BCUT2D eigenvalue weighted by molar-refractivity contribution is -0.135. The van der Waals surface area contributed by atoms with Crippen molar-refractivity contribution in [2.24, 2.45) is 0 Å². The zero-order chi connectivity index (χ0) is 16.9. The molecule has 1 amide bonds. The number of amides is 1. The number of likely N-dealkylation sites (N-methyl/N-ethyl adjacent to an activating group) is 1. The number of rotatable bonds is 4. The number of nitrogens with zero attached hydrogens (tertiary/aromatic N) is 3. The molecule has 126 valence electrons. The third kappa shape index (κ3) is 4.12. The first-order valence-electron chi connectivity index (χ1n) is 7.90. The fourth-order valence-electron chi connectivity index (χ4n) is 2.73. The van der Waals surface area contributed by atoms with Crippen LogP contribution in [0.2, 0.25) is 5.02 Å². The van der Waals surface area contributed by atoms with Crippen LogP contribution < -0.4 is 4.90 Å². The third-order valence-electron chi connectivity index (χ3n) is 4.06. The van der Waals surface area contributed by atoms with Crippen molar-refractivity contribution in [3.05, 3.63) is 59.2 Å². The van der Waals surface area contributed by atoms with Crippen LogP contribution in [0.25, 0.3) is 0 Å². The fraction of sp³-hybridized carbons (Fsp3) is 0.333. The molecule has 0 spiro atoms. The first kappa shape index (κ1) is 16.9. The van der Waals surface area contributed by atoms with Gasteiger partial charge < -0.3 is 4.74 Å². The number of pyridine rings is 1. The molecule has 0 unspecified atom stereocenters. The van der Waals surface area contributed by atoms with Crippen LogP contribution in [0.3, 0.4) is 0 Å². The van der Waals surface area contributed by atoms with Crippen molar-refractivity contribution in [3.63, 3.8) is 0 Å². The van der Waals surface area contributed by atoms with Crippen molar-refractivity contribution in [1.29, 1.82) is 0 Å². The Balaban J connectivity index is 1.63. The Morgan fingerprint density at radius 2 is 2.12 bits per heavy atom. The average molecular weight is 346 g/mol. The molecule has 1 aliphatic rings. The van der Waals surface area contributed by atoms with Gasteiger partial charge in [-0.3, -0.25) is 14.6 Å². The zero-order valence-electron chi connectivity index (χ0n) is 13.6. The Kier molecular flexibility index (Phi) is 5.45. The highest BCUT2D eigenvalue weighted by molar-refractivity contribution is 6.30. The van der Waals surface area contributed by atoms with Crippen molar-refractivity contribution in [3.8, 4) is 0 Å². The maximum absolute atomic E-state index is 12.7. The molecule has 0 aliphatic carbocycles. The third-order valence-corrected chi connectivity index (χ3v) is 4.28. The van der Waals surface area contributed by atoms with Crippen LogP contribution in [0, 0.1) is 0 Å². The summed E-state index contributed by atoms with van der Waals surface area (Å²) < 4.78 is 5.69. The topological polar surface area (TPSA) is 45.7 Å². The second kappa shape index (κ2) is 7.75. The minimum atomic E-state index is -0.482. The van der Waals surface area contributed by atoms with Crippen molar-refractivity contribution >= 4 is 23.3 Å². The minimum Gasteiger partial charge on any atom is -0.366 e. The van der Waals surface area contributed by atoms with E-state index >= 15 is 0 Å². The maximum Gasteiger partial charge on any atom is 0.258 e. The summed E-state index contributed by atoms with van der Waals surface area (Å²) in [5.41, 5.74) is 1.23. The van der Waals surface area contributed by atoms with Gasteiger partial charge in [0.05, 0.1) is 11.6 Å². The SMILES string of the molecule is CN(C(=O)[C@H]1CN(Cc2ccccc2)CCO1)c1ccc(Cl)cn1. The van der Waals surface area contributed by atoms with Crippen molar-refractivity contribution in [1.82, 2.24) is 9.88 Å². The minimum absolute atomic E-state index is 0.0948. The van der Waals surface area contributed by atoms with E-state index in [-0.39, 0.29) is 5.91 Å². The molecule has 0 radical (unpaired) electrons. The molecular weight excluding hydrogens is 326 g/mol. The van der Waals surface area contributed by atoms with E-state index in [1.165, 1.54) is 16.7 Å². The number of hydrogen-bond acceptors (Lipinski definition) is 4. The highest BCUT2D eigenvalue weighted by atomic mass is 35.5. The normalized spacial score (nSPS) is 18.3. The van der Waals surface area contributed by atoms with Gasteiger partial charge in [0.1, 0.15) is 11.9 Å².